The van der Waals surface area contributed by atoms with Crippen molar-refractivity contribution in [2.24, 2.45) is 0 Å². The number of aromatic nitrogens is 3. The first-order chi connectivity index (χ1) is 21.8. The number of carbonyl (C=O) groups excluding carboxylic acids is 2. The Kier molecular flexibility index (Phi) is 12.7. The molecule has 258 valence electrons. The Bertz CT molecular complexity index is 1510. The number of nitrogens with one attached hydrogen (secondary N) is 1. The zero-order valence-electron chi connectivity index (χ0n) is 26.8. The summed E-state index contributed by atoms with van der Waals surface area (Å²) in [5.74, 6) is -3.11. The molecule has 16 heteroatoms. The van der Waals surface area contributed by atoms with E-state index in [2.05, 4.69) is 33.7 Å². The summed E-state index contributed by atoms with van der Waals surface area (Å²) in [6, 6.07) is 0.396. The van der Waals surface area contributed by atoms with Gasteiger partial charge in [-0.3, -0.25) is 10.1 Å². The van der Waals surface area contributed by atoms with E-state index in [4.69, 9.17) is 13.9 Å². The molecule has 2 amide bonds. The fraction of sp³-hybridized carbons (Fsp3) is 0.452. The van der Waals surface area contributed by atoms with E-state index in [1.165, 1.54) is 52.1 Å². The average Bonchev–Trinajstić information content (AvgIpc) is 3.46. The third-order valence-electron chi connectivity index (χ3n) is 6.23. The number of rotatable bonds is 6. The lowest BCUT2D eigenvalue weighted by Crippen LogP contribution is -2.45. The van der Waals surface area contributed by atoms with Crippen LogP contribution in [0.25, 0.3) is 11.6 Å². The molecule has 1 aliphatic rings. The Hall–Kier alpha value is -4.47. The van der Waals surface area contributed by atoms with Gasteiger partial charge in [0, 0.05) is 20.0 Å². The highest BCUT2D eigenvalue weighted by molar-refractivity contribution is 5.97. The highest BCUT2D eigenvalue weighted by atomic mass is 19.4. The summed E-state index contributed by atoms with van der Waals surface area (Å²) in [4.78, 5) is 30.5. The summed E-state index contributed by atoms with van der Waals surface area (Å²) in [6.45, 7) is 14.7. The van der Waals surface area contributed by atoms with Gasteiger partial charge >= 0.3 is 18.4 Å². The molecule has 0 fully saturated rings. The quantitative estimate of drug-likeness (QED) is 0.186. The van der Waals surface area contributed by atoms with Gasteiger partial charge in [0.25, 0.3) is 17.7 Å². The number of pyridine rings is 1. The van der Waals surface area contributed by atoms with Gasteiger partial charge in [0.1, 0.15) is 11.3 Å². The first-order valence-corrected chi connectivity index (χ1v) is 14.3. The normalized spacial score (nSPS) is 18.3. The summed E-state index contributed by atoms with van der Waals surface area (Å²) >= 11 is 0. The summed E-state index contributed by atoms with van der Waals surface area (Å²) < 4.78 is 103. The van der Waals surface area contributed by atoms with Crippen molar-refractivity contribution >= 4 is 17.7 Å². The van der Waals surface area contributed by atoms with Crippen molar-refractivity contribution in [1.82, 2.24) is 20.1 Å². The molecule has 0 radical (unpaired) electrons. The molecule has 3 heterocycles. The summed E-state index contributed by atoms with van der Waals surface area (Å²) in [5.41, 5.74) is -8.18. The van der Waals surface area contributed by atoms with E-state index in [0.29, 0.717) is 6.07 Å². The van der Waals surface area contributed by atoms with Crippen LogP contribution in [0, 0.1) is 0 Å². The van der Waals surface area contributed by atoms with Gasteiger partial charge in [0.2, 0.25) is 5.60 Å². The number of halogens is 6. The zero-order chi connectivity index (χ0) is 35.8. The highest BCUT2D eigenvalue weighted by Gasteiger charge is 2.61. The van der Waals surface area contributed by atoms with Crippen molar-refractivity contribution in [3.8, 4) is 11.6 Å². The number of alkyl halides is 6. The van der Waals surface area contributed by atoms with Crippen molar-refractivity contribution < 1.29 is 49.8 Å². The van der Waals surface area contributed by atoms with Crippen LogP contribution in [-0.2, 0) is 21.3 Å². The Morgan fingerprint density at radius 2 is 1.77 bits per heavy atom. The smallest absolute Gasteiger partial charge is 0.426 e. The lowest BCUT2D eigenvalue weighted by molar-refractivity contribution is -0.289. The molecular weight excluding hydrogens is 636 g/mol. The molecule has 1 atom stereocenters. The van der Waals surface area contributed by atoms with Crippen molar-refractivity contribution in [2.75, 3.05) is 25.5 Å². The predicted octanol–water partition coefficient (Wildman–Crippen LogP) is 8.02. The molecule has 1 unspecified atom stereocenters. The molecular formula is C31H37F6N5O5. The maximum Gasteiger partial charge on any atom is 0.426 e. The maximum atomic E-state index is 14.9. The van der Waals surface area contributed by atoms with Crippen LogP contribution >= 0.6 is 0 Å². The number of fused-ring (bicyclic) bond motifs is 5. The number of hydrogen-bond acceptors (Lipinski definition) is 8. The van der Waals surface area contributed by atoms with E-state index >= 15 is 0 Å². The van der Waals surface area contributed by atoms with Gasteiger partial charge in [-0.15, -0.1) is 10.2 Å². The molecule has 2 aromatic heterocycles. The number of allylic oxidation sites excluding steroid dienone is 2. The lowest BCUT2D eigenvalue weighted by Gasteiger charge is -2.32. The molecule has 0 saturated carbocycles. The van der Waals surface area contributed by atoms with Gasteiger partial charge < -0.3 is 18.8 Å². The Morgan fingerprint density at radius 3 is 2.32 bits per heavy atom. The Morgan fingerprint density at radius 1 is 1.11 bits per heavy atom. The second kappa shape index (κ2) is 15.4. The molecule has 0 spiro atoms. The molecule has 3 rings (SSSR count). The summed E-state index contributed by atoms with van der Waals surface area (Å²) in [7, 11) is 1.20. The van der Waals surface area contributed by atoms with Crippen LogP contribution in [0.15, 0.2) is 59.6 Å². The fourth-order valence-electron chi connectivity index (χ4n) is 4.02. The van der Waals surface area contributed by atoms with Crippen molar-refractivity contribution in [3.05, 3.63) is 72.3 Å². The molecule has 2 aromatic rings. The molecule has 47 heavy (non-hydrogen) atoms. The van der Waals surface area contributed by atoms with E-state index in [9.17, 15) is 35.9 Å². The van der Waals surface area contributed by atoms with Gasteiger partial charge in [-0.1, -0.05) is 57.4 Å². The van der Waals surface area contributed by atoms with E-state index in [1.54, 1.807) is 0 Å². The average molecular weight is 674 g/mol. The SMILES string of the molecule is C=C/C=C(\C=C)COC1(C(F)(F)F)C/C=C/CCN(C)C(=O)c2nc(c(NC(=O)OC(C)(C)C)cc2C(F)(F)F)-c2nnc1o2.CC. The second-order valence-corrected chi connectivity index (χ2v) is 10.8. The van der Waals surface area contributed by atoms with Crippen LogP contribution in [0.1, 0.15) is 69.4 Å². The minimum Gasteiger partial charge on any atom is -0.444 e. The van der Waals surface area contributed by atoms with E-state index < -0.39 is 83.0 Å². The van der Waals surface area contributed by atoms with Crippen LogP contribution in [0.3, 0.4) is 0 Å². The number of hydrogen-bond donors (Lipinski definition) is 1. The molecule has 0 aromatic carbocycles. The van der Waals surface area contributed by atoms with Gasteiger partial charge in [-0.25, -0.2) is 9.78 Å². The number of anilines is 1. The Labute approximate surface area is 268 Å². The van der Waals surface area contributed by atoms with E-state index in [-0.39, 0.29) is 18.5 Å². The third kappa shape index (κ3) is 9.53. The fourth-order valence-corrected chi connectivity index (χ4v) is 4.02. The van der Waals surface area contributed by atoms with Gasteiger partial charge in [-0.05, 0) is 38.8 Å². The standard InChI is InChI=1S/C29H31F6N5O5.C2H6/c1-7-12-17(8-2)16-43-27(29(33,34)35)13-10-9-11-14-40(6)23(41)20-18(28(30,31)32)15-19(36-25(42)45-26(3,4)5)21(37-20)22-38-39-24(27)44-22;1-2/h7-10,12,15H,1-2,11,13-14,16H2,3-6H3,(H,36,42);1-2H3/b10-9+,17-12+;. The topological polar surface area (TPSA) is 120 Å². The molecule has 10 nitrogen and oxygen atoms in total. The van der Waals surface area contributed by atoms with Crippen molar-refractivity contribution in [3.63, 3.8) is 0 Å². The largest absolute Gasteiger partial charge is 0.444 e. The Balaban J connectivity index is 0.00000376. The lowest BCUT2D eigenvalue weighted by atomic mass is 9.97. The van der Waals surface area contributed by atoms with E-state index in [1.807, 2.05) is 13.8 Å². The summed E-state index contributed by atoms with van der Waals surface area (Å²) in [5, 5.41) is 9.27. The molecule has 1 N–H and O–H groups in total. The molecule has 1 aliphatic heterocycles. The van der Waals surface area contributed by atoms with Crippen LogP contribution in [0.4, 0.5) is 36.8 Å². The van der Waals surface area contributed by atoms with E-state index in [0.717, 1.165) is 11.0 Å². The minimum absolute atomic E-state index is 0.0357. The molecule has 4 bridgehead atoms. The summed E-state index contributed by atoms with van der Waals surface area (Å²) in [6.07, 6.45) is -6.03. The van der Waals surface area contributed by atoms with Crippen molar-refractivity contribution in [2.45, 2.75) is 71.0 Å². The van der Waals surface area contributed by atoms with Crippen LogP contribution < -0.4 is 5.32 Å². The first-order valence-electron chi connectivity index (χ1n) is 14.3. The number of carbonyl (C=O) groups is 2. The van der Waals surface area contributed by atoms with Gasteiger partial charge in [0.05, 0.1) is 17.9 Å². The van der Waals surface area contributed by atoms with Crippen molar-refractivity contribution in [1.29, 1.82) is 0 Å². The number of nitrogens with zero attached hydrogens (tertiary/aromatic N) is 4. The maximum absolute atomic E-state index is 14.9. The monoisotopic (exact) mass is 673 g/mol. The minimum atomic E-state index is -5.16. The second-order valence-electron chi connectivity index (χ2n) is 10.8. The van der Waals surface area contributed by atoms with Crippen LogP contribution in [-0.4, -0.2) is 64.1 Å². The predicted molar refractivity (Wildman–Crippen MR) is 161 cm³/mol. The number of ether oxygens (including phenoxy) is 2. The molecule has 0 aliphatic carbocycles. The first kappa shape index (κ1) is 38.7. The highest BCUT2D eigenvalue weighted by Crippen LogP contribution is 2.46. The zero-order valence-corrected chi connectivity index (χ0v) is 26.8. The van der Waals surface area contributed by atoms with Gasteiger partial charge in [0.15, 0.2) is 5.69 Å². The third-order valence-corrected chi connectivity index (χ3v) is 6.23. The molecule has 0 saturated heterocycles. The van der Waals surface area contributed by atoms with Gasteiger partial charge in [-0.2, -0.15) is 26.3 Å². The number of amides is 2. The van der Waals surface area contributed by atoms with Crippen LogP contribution in [0.2, 0.25) is 0 Å². The van der Waals surface area contributed by atoms with Crippen LogP contribution in [0.5, 0.6) is 0 Å².